The van der Waals surface area contributed by atoms with Gasteiger partial charge in [0.25, 0.3) is 11.8 Å². The Morgan fingerprint density at radius 3 is 1.50 bits per heavy atom. The van der Waals surface area contributed by atoms with Crippen molar-refractivity contribution in [1.29, 1.82) is 0 Å². The van der Waals surface area contributed by atoms with Gasteiger partial charge in [-0.15, -0.1) is 0 Å². The molecule has 3 aromatic rings. The summed E-state index contributed by atoms with van der Waals surface area (Å²) in [6, 6.07) is 13.2. The number of amides is 2. The molecule has 6 nitrogen and oxygen atoms in total. The fraction of sp³-hybridized carbons (Fsp3) is 0.100. The molecule has 0 radical (unpaired) electrons. The highest BCUT2D eigenvalue weighted by Gasteiger charge is 2.21. The average molecular weight is 415 g/mol. The molecule has 28 heavy (non-hydrogen) atoms. The molecule has 142 valence electrons. The van der Waals surface area contributed by atoms with Crippen LogP contribution in [0.2, 0.25) is 10.0 Å². The van der Waals surface area contributed by atoms with Gasteiger partial charge < -0.3 is 10.6 Å². The highest BCUT2D eigenvalue weighted by Crippen LogP contribution is 2.27. The Balaban J connectivity index is 1.93. The summed E-state index contributed by atoms with van der Waals surface area (Å²) < 4.78 is 0. The summed E-state index contributed by atoms with van der Waals surface area (Å²) in [4.78, 5) is 34.0. The number of carbonyl (C=O) groups excluding carboxylic acids is 2. The molecular weight excluding hydrogens is 399 g/mol. The van der Waals surface area contributed by atoms with Gasteiger partial charge in [0.2, 0.25) is 0 Å². The summed E-state index contributed by atoms with van der Waals surface area (Å²) >= 11 is 12.1. The van der Waals surface area contributed by atoms with Crippen LogP contribution < -0.4 is 10.6 Å². The zero-order chi connectivity index (χ0) is 20.3. The lowest BCUT2D eigenvalue weighted by molar-refractivity contribution is 0.0990. The molecule has 2 aromatic heterocycles. The zero-order valence-corrected chi connectivity index (χ0v) is 16.6. The number of nitrogens with one attached hydrogen (secondary N) is 2. The third kappa shape index (κ3) is 4.65. The van der Waals surface area contributed by atoms with Crippen LogP contribution in [0.1, 0.15) is 32.1 Å². The maximum absolute atomic E-state index is 12.8. The molecule has 0 aliphatic heterocycles. The van der Waals surface area contributed by atoms with Gasteiger partial charge in [-0.1, -0.05) is 35.3 Å². The van der Waals surface area contributed by atoms with Crippen LogP contribution in [-0.2, 0) is 0 Å². The number of nitrogens with zero attached hydrogens (tertiary/aromatic N) is 2. The topological polar surface area (TPSA) is 84.0 Å². The van der Waals surface area contributed by atoms with E-state index in [1.807, 2.05) is 26.0 Å². The van der Waals surface area contributed by atoms with Gasteiger partial charge >= 0.3 is 0 Å². The van der Waals surface area contributed by atoms with Gasteiger partial charge in [0.1, 0.15) is 11.6 Å². The summed E-state index contributed by atoms with van der Waals surface area (Å²) in [6.07, 6.45) is 0. The predicted octanol–water partition coefficient (Wildman–Crippen LogP) is 4.90. The minimum Gasteiger partial charge on any atom is -0.307 e. The van der Waals surface area contributed by atoms with Crippen molar-refractivity contribution in [2.45, 2.75) is 13.8 Å². The van der Waals surface area contributed by atoms with Crippen LogP contribution in [0, 0.1) is 13.8 Å². The quantitative estimate of drug-likeness (QED) is 0.635. The van der Waals surface area contributed by atoms with Crippen molar-refractivity contribution in [3.63, 3.8) is 0 Å². The van der Waals surface area contributed by atoms with E-state index < -0.39 is 11.8 Å². The first kappa shape index (κ1) is 19.8. The number of hydrogen-bond acceptors (Lipinski definition) is 4. The zero-order valence-electron chi connectivity index (χ0n) is 15.1. The second kappa shape index (κ2) is 8.37. The minimum absolute atomic E-state index is 0.0721. The number of aromatic nitrogens is 2. The van der Waals surface area contributed by atoms with E-state index in [0.717, 1.165) is 11.4 Å². The number of anilines is 2. The van der Waals surface area contributed by atoms with E-state index >= 15 is 0 Å². The third-order valence-electron chi connectivity index (χ3n) is 3.81. The highest BCUT2D eigenvalue weighted by molar-refractivity contribution is 6.42. The van der Waals surface area contributed by atoms with Crippen LogP contribution in [0.5, 0.6) is 0 Å². The molecule has 0 aliphatic rings. The molecule has 2 N–H and O–H groups in total. The van der Waals surface area contributed by atoms with Crippen LogP contribution in [0.3, 0.4) is 0 Å². The summed E-state index contributed by atoms with van der Waals surface area (Å²) in [5.41, 5.74) is 1.64. The van der Waals surface area contributed by atoms with Crippen molar-refractivity contribution in [2.24, 2.45) is 0 Å². The van der Waals surface area contributed by atoms with E-state index in [2.05, 4.69) is 20.6 Å². The molecule has 0 saturated heterocycles. The molecule has 2 heterocycles. The standard InChI is InChI=1S/C20H16Cl2N4O2/c1-11-5-3-7-17(23-11)25-19(27)13-9-15(21)16(22)10-14(13)20(28)26-18-8-4-6-12(2)24-18/h3-10H,1-2H3,(H,23,25,27)(H,24,26,28). The largest absolute Gasteiger partial charge is 0.307 e. The van der Waals surface area contributed by atoms with E-state index in [1.165, 1.54) is 12.1 Å². The van der Waals surface area contributed by atoms with Gasteiger partial charge in [-0.2, -0.15) is 0 Å². The molecule has 0 saturated carbocycles. The molecular formula is C20H16Cl2N4O2. The van der Waals surface area contributed by atoms with E-state index in [4.69, 9.17) is 23.2 Å². The average Bonchev–Trinajstić information content (AvgIpc) is 2.63. The lowest BCUT2D eigenvalue weighted by atomic mass is 10.1. The van der Waals surface area contributed by atoms with E-state index in [1.54, 1.807) is 24.3 Å². The lowest BCUT2D eigenvalue weighted by Gasteiger charge is -2.12. The second-order valence-corrected chi connectivity index (χ2v) is 6.86. The molecule has 3 rings (SSSR count). The Morgan fingerprint density at radius 2 is 1.14 bits per heavy atom. The molecule has 1 aromatic carbocycles. The third-order valence-corrected chi connectivity index (χ3v) is 4.53. The molecule has 2 amide bonds. The Hall–Kier alpha value is -2.96. The Bertz CT molecular complexity index is 985. The monoisotopic (exact) mass is 414 g/mol. The van der Waals surface area contributed by atoms with Crippen LogP contribution >= 0.6 is 23.2 Å². The summed E-state index contributed by atoms with van der Waals surface area (Å²) in [6.45, 7) is 3.62. The number of carbonyl (C=O) groups is 2. The van der Waals surface area contributed by atoms with Crippen molar-refractivity contribution in [3.8, 4) is 0 Å². The maximum Gasteiger partial charge on any atom is 0.257 e. The van der Waals surface area contributed by atoms with Gasteiger partial charge in [0.15, 0.2) is 0 Å². The van der Waals surface area contributed by atoms with Crippen molar-refractivity contribution in [2.75, 3.05) is 10.6 Å². The van der Waals surface area contributed by atoms with E-state index in [9.17, 15) is 9.59 Å². The second-order valence-electron chi connectivity index (χ2n) is 6.05. The van der Waals surface area contributed by atoms with Crippen molar-refractivity contribution in [3.05, 3.63) is 81.1 Å². The predicted molar refractivity (Wildman–Crippen MR) is 110 cm³/mol. The molecule has 0 atom stereocenters. The molecule has 0 fully saturated rings. The summed E-state index contributed by atoms with van der Waals surface area (Å²) in [7, 11) is 0. The number of benzene rings is 1. The Labute approximate surface area is 171 Å². The minimum atomic E-state index is -0.529. The molecule has 8 heteroatoms. The Kier molecular flexibility index (Phi) is 5.92. The summed E-state index contributed by atoms with van der Waals surface area (Å²) in [5.74, 6) is -0.330. The lowest BCUT2D eigenvalue weighted by Crippen LogP contribution is -2.21. The maximum atomic E-state index is 12.8. The highest BCUT2D eigenvalue weighted by atomic mass is 35.5. The van der Waals surface area contributed by atoms with E-state index in [0.29, 0.717) is 11.6 Å². The number of rotatable bonds is 4. The molecule has 0 spiro atoms. The molecule has 0 bridgehead atoms. The van der Waals surface area contributed by atoms with Crippen molar-refractivity contribution >= 4 is 46.7 Å². The fourth-order valence-corrected chi connectivity index (χ4v) is 2.84. The number of halogens is 2. The van der Waals surface area contributed by atoms with Crippen LogP contribution in [-0.4, -0.2) is 21.8 Å². The van der Waals surface area contributed by atoms with Crippen LogP contribution in [0.4, 0.5) is 11.6 Å². The Morgan fingerprint density at radius 1 is 0.750 bits per heavy atom. The first-order valence-corrected chi connectivity index (χ1v) is 9.08. The van der Waals surface area contributed by atoms with Gasteiger partial charge in [0.05, 0.1) is 21.2 Å². The van der Waals surface area contributed by atoms with Crippen LogP contribution in [0.15, 0.2) is 48.5 Å². The molecule has 0 unspecified atom stereocenters. The first-order valence-electron chi connectivity index (χ1n) is 8.32. The van der Waals surface area contributed by atoms with Gasteiger partial charge in [0, 0.05) is 11.4 Å². The molecule has 0 aliphatic carbocycles. The fourth-order valence-electron chi connectivity index (χ4n) is 2.52. The van der Waals surface area contributed by atoms with E-state index in [-0.39, 0.29) is 21.2 Å². The number of hydrogen-bond donors (Lipinski definition) is 2. The number of aryl methyl sites for hydroxylation is 2. The van der Waals surface area contributed by atoms with Crippen molar-refractivity contribution < 1.29 is 9.59 Å². The summed E-state index contributed by atoms with van der Waals surface area (Å²) in [5, 5.41) is 5.66. The van der Waals surface area contributed by atoms with Gasteiger partial charge in [-0.05, 0) is 50.2 Å². The SMILES string of the molecule is Cc1cccc(NC(=O)c2cc(Cl)c(Cl)cc2C(=O)Nc2cccc(C)n2)n1. The number of pyridine rings is 2. The smallest absolute Gasteiger partial charge is 0.257 e. The van der Waals surface area contributed by atoms with Crippen molar-refractivity contribution in [1.82, 2.24) is 9.97 Å². The normalized spacial score (nSPS) is 10.4. The first-order chi connectivity index (χ1) is 13.3. The van der Waals surface area contributed by atoms with Gasteiger partial charge in [-0.3, -0.25) is 9.59 Å². The van der Waals surface area contributed by atoms with Gasteiger partial charge in [-0.25, -0.2) is 9.97 Å². The van der Waals surface area contributed by atoms with Crippen LogP contribution in [0.25, 0.3) is 0 Å².